The Bertz CT molecular complexity index is 907. The first-order chi connectivity index (χ1) is 13.4. The maximum atomic E-state index is 11.9. The topological polar surface area (TPSA) is 119 Å². The molecule has 0 atom stereocenters. The van der Waals surface area contributed by atoms with E-state index in [1.54, 1.807) is 18.2 Å². The molecule has 0 radical (unpaired) electrons. The number of carbonyl (C=O) groups is 1. The third kappa shape index (κ3) is 3.85. The van der Waals surface area contributed by atoms with Gasteiger partial charge in [0, 0.05) is 55.8 Å². The van der Waals surface area contributed by atoms with E-state index in [0.717, 1.165) is 5.69 Å². The van der Waals surface area contributed by atoms with Crippen molar-refractivity contribution in [3.8, 4) is 0 Å². The number of non-ortho nitro benzene ring substituents is 1. The van der Waals surface area contributed by atoms with Crippen LogP contribution in [-0.4, -0.2) is 49.1 Å². The fourth-order valence-electron chi connectivity index (χ4n) is 3.16. The lowest BCUT2D eigenvalue weighted by molar-refractivity contribution is -0.385. The largest absolute Gasteiger partial charge is 0.465 e. The van der Waals surface area contributed by atoms with E-state index in [2.05, 4.69) is 9.64 Å². The molecule has 1 aliphatic rings. The summed E-state index contributed by atoms with van der Waals surface area (Å²) in [6.45, 7) is 2.61. The van der Waals surface area contributed by atoms with Crippen molar-refractivity contribution in [2.75, 3.05) is 43.1 Å². The zero-order valence-electron chi connectivity index (χ0n) is 15.1. The molecule has 1 aliphatic heterocycles. The number of nitro benzene ring substituents is 2. The lowest BCUT2D eigenvalue weighted by Crippen LogP contribution is -2.46. The summed E-state index contributed by atoms with van der Waals surface area (Å²) in [4.78, 5) is 36.9. The summed E-state index contributed by atoms with van der Waals surface area (Å²) >= 11 is 0. The summed E-state index contributed by atoms with van der Waals surface area (Å²) in [6, 6.07) is 10.8. The number of carbonyl (C=O) groups excluding carboxylic acids is 1. The zero-order chi connectivity index (χ0) is 20.3. The molecule has 0 bridgehead atoms. The van der Waals surface area contributed by atoms with Crippen molar-refractivity contribution in [2.24, 2.45) is 0 Å². The third-order valence-electron chi connectivity index (χ3n) is 4.65. The van der Waals surface area contributed by atoms with E-state index in [1.165, 1.54) is 31.4 Å². The van der Waals surface area contributed by atoms with Crippen molar-refractivity contribution in [3.05, 3.63) is 68.3 Å². The minimum atomic E-state index is -0.752. The van der Waals surface area contributed by atoms with E-state index in [1.807, 2.05) is 4.90 Å². The van der Waals surface area contributed by atoms with Gasteiger partial charge in [-0.2, -0.15) is 0 Å². The number of hydrogen-bond acceptors (Lipinski definition) is 8. The standard InChI is InChI=1S/C18H18N4O6/c1-28-18(23)16-12-15(6-7-17(16)22(26)27)20-10-8-19(9-11-20)13-2-4-14(5-3-13)21(24)25/h2-7,12H,8-11H2,1H3. The molecular formula is C18H18N4O6. The molecule has 2 aromatic carbocycles. The minimum absolute atomic E-state index is 0.0450. The van der Waals surface area contributed by atoms with Crippen molar-refractivity contribution in [2.45, 2.75) is 0 Å². The van der Waals surface area contributed by atoms with Crippen molar-refractivity contribution >= 4 is 28.7 Å². The maximum Gasteiger partial charge on any atom is 0.344 e. The molecule has 0 amide bonds. The number of methoxy groups -OCH3 is 1. The highest BCUT2D eigenvalue weighted by Gasteiger charge is 2.24. The van der Waals surface area contributed by atoms with Crippen LogP contribution in [0.15, 0.2) is 42.5 Å². The first-order valence-corrected chi connectivity index (χ1v) is 8.52. The molecule has 0 saturated carbocycles. The predicted molar refractivity (Wildman–Crippen MR) is 102 cm³/mol. The fraction of sp³-hybridized carbons (Fsp3) is 0.278. The van der Waals surface area contributed by atoms with Crippen LogP contribution in [-0.2, 0) is 4.74 Å². The van der Waals surface area contributed by atoms with Gasteiger partial charge in [0.25, 0.3) is 11.4 Å². The molecule has 146 valence electrons. The second kappa shape index (κ2) is 7.91. The smallest absolute Gasteiger partial charge is 0.344 e. The number of nitro groups is 2. The number of anilines is 2. The van der Waals surface area contributed by atoms with Gasteiger partial charge in [-0.25, -0.2) is 4.79 Å². The quantitative estimate of drug-likeness (QED) is 0.437. The van der Waals surface area contributed by atoms with Gasteiger partial charge in [0.1, 0.15) is 5.56 Å². The molecule has 1 heterocycles. The molecule has 1 fully saturated rings. The fourth-order valence-corrected chi connectivity index (χ4v) is 3.16. The predicted octanol–water partition coefficient (Wildman–Crippen LogP) is 2.62. The number of rotatable bonds is 5. The summed E-state index contributed by atoms with van der Waals surface area (Å²) < 4.78 is 4.65. The van der Waals surface area contributed by atoms with Crippen LogP contribution in [0.4, 0.5) is 22.7 Å². The third-order valence-corrected chi connectivity index (χ3v) is 4.65. The van der Waals surface area contributed by atoms with Gasteiger partial charge < -0.3 is 14.5 Å². The summed E-state index contributed by atoms with van der Waals surface area (Å²) in [5.74, 6) is -0.752. The van der Waals surface area contributed by atoms with Crippen LogP contribution in [0.25, 0.3) is 0 Å². The van der Waals surface area contributed by atoms with E-state index in [-0.39, 0.29) is 16.9 Å². The Balaban J connectivity index is 1.73. The minimum Gasteiger partial charge on any atom is -0.465 e. The molecule has 0 spiro atoms. The summed E-state index contributed by atoms with van der Waals surface area (Å²) in [5.41, 5.74) is 1.27. The highest BCUT2D eigenvalue weighted by molar-refractivity contribution is 5.95. The van der Waals surface area contributed by atoms with Crippen molar-refractivity contribution in [1.82, 2.24) is 0 Å². The number of hydrogen-bond donors (Lipinski definition) is 0. The molecule has 0 N–H and O–H groups in total. The highest BCUT2D eigenvalue weighted by Crippen LogP contribution is 2.27. The molecule has 0 aliphatic carbocycles. The second-order valence-corrected chi connectivity index (χ2v) is 6.20. The number of ether oxygens (including phenoxy) is 1. The number of piperazine rings is 1. The van der Waals surface area contributed by atoms with E-state index in [9.17, 15) is 25.0 Å². The van der Waals surface area contributed by atoms with Crippen LogP contribution >= 0.6 is 0 Å². The van der Waals surface area contributed by atoms with Crippen LogP contribution in [0.1, 0.15) is 10.4 Å². The van der Waals surface area contributed by atoms with E-state index in [4.69, 9.17) is 0 Å². The van der Waals surface area contributed by atoms with E-state index in [0.29, 0.717) is 31.9 Å². The number of benzene rings is 2. The monoisotopic (exact) mass is 386 g/mol. The van der Waals surface area contributed by atoms with Gasteiger partial charge in [0.2, 0.25) is 0 Å². The summed E-state index contributed by atoms with van der Waals surface area (Å²) in [6.07, 6.45) is 0. The SMILES string of the molecule is COC(=O)c1cc(N2CCN(c3ccc([N+](=O)[O-])cc3)CC2)ccc1[N+](=O)[O-]. The Morgan fingerprint density at radius 3 is 1.93 bits per heavy atom. The van der Waals surface area contributed by atoms with Crippen LogP contribution in [0.2, 0.25) is 0 Å². The Labute approximate surface area is 160 Å². The van der Waals surface area contributed by atoms with Crippen LogP contribution < -0.4 is 9.80 Å². The summed E-state index contributed by atoms with van der Waals surface area (Å²) in [7, 11) is 1.18. The molecule has 0 unspecified atom stereocenters. The molecule has 0 aromatic heterocycles. The van der Waals surface area contributed by atoms with Crippen molar-refractivity contribution < 1.29 is 19.4 Å². The lowest BCUT2D eigenvalue weighted by atomic mass is 10.1. The van der Waals surface area contributed by atoms with Crippen LogP contribution in [0, 0.1) is 20.2 Å². The van der Waals surface area contributed by atoms with Gasteiger partial charge in [-0.15, -0.1) is 0 Å². The van der Waals surface area contributed by atoms with Gasteiger partial charge >= 0.3 is 5.97 Å². The maximum absolute atomic E-state index is 11.9. The van der Waals surface area contributed by atoms with Gasteiger partial charge in [0.15, 0.2) is 0 Å². The van der Waals surface area contributed by atoms with Gasteiger partial charge in [-0.1, -0.05) is 0 Å². The van der Waals surface area contributed by atoms with Crippen molar-refractivity contribution in [3.63, 3.8) is 0 Å². The van der Waals surface area contributed by atoms with Gasteiger partial charge in [0.05, 0.1) is 17.0 Å². The Morgan fingerprint density at radius 1 is 0.893 bits per heavy atom. The Hall–Kier alpha value is -3.69. The Morgan fingerprint density at radius 2 is 1.43 bits per heavy atom. The second-order valence-electron chi connectivity index (χ2n) is 6.20. The highest BCUT2D eigenvalue weighted by atomic mass is 16.6. The molecule has 28 heavy (non-hydrogen) atoms. The average Bonchev–Trinajstić information content (AvgIpc) is 2.72. The van der Waals surface area contributed by atoms with Crippen molar-refractivity contribution in [1.29, 1.82) is 0 Å². The lowest BCUT2D eigenvalue weighted by Gasteiger charge is -2.37. The summed E-state index contributed by atoms with van der Waals surface area (Å²) in [5, 5.41) is 21.9. The first-order valence-electron chi connectivity index (χ1n) is 8.52. The molecule has 2 aromatic rings. The number of nitrogens with zero attached hydrogens (tertiary/aromatic N) is 4. The average molecular weight is 386 g/mol. The van der Waals surface area contributed by atoms with Gasteiger partial charge in [-0.3, -0.25) is 20.2 Å². The normalized spacial score (nSPS) is 13.9. The van der Waals surface area contributed by atoms with E-state index < -0.39 is 15.8 Å². The van der Waals surface area contributed by atoms with Crippen LogP contribution in [0.3, 0.4) is 0 Å². The van der Waals surface area contributed by atoms with Gasteiger partial charge in [-0.05, 0) is 24.3 Å². The number of esters is 1. The van der Waals surface area contributed by atoms with Crippen LogP contribution in [0.5, 0.6) is 0 Å². The molecule has 3 rings (SSSR count). The van der Waals surface area contributed by atoms with E-state index >= 15 is 0 Å². The molecule has 10 nitrogen and oxygen atoms in total. The molecular weight excluding hydrogens is 368 g/mol. The first kappa shape index (κ1) is 19.1. The molecule has 1 saturated heterocycles. The molecule has 10 heteroatoms. The zero-order valence-corrected chi connectivity index (χ0v) is 15.1. The Kier molecular flexibility index (Phi) is 5.39.